The molecule has 8 nitrogen and oxygen atoms in total. The van der Waals surface area contributed by atoms with Gasteiger partial charge in [0.25, 0.3) is 5.56 Å². The van der Waals surface area contributed by atoms with Gasteiger partial charge in [-0.25, -0.2) is 9.78 Å². The molecule has 0 bridgehead atoms. The van der Waals surface area contributed by atoms with Gasteiger partial charge in [0.2, 0.25) is 0 Å². The molecule has 2 aliphatic rings. The minimum Gasteiger partial charge on any atom is -0.458 e. The molecule has 0 spiro atoms. The number of esters is 1. The Labute approximate surface area is 177 Å². The van der Waals surface area contributed by atoms with Crippen molar-refractivity contribution in [3.8, 4) is 11.4 Å². The highest BCUT2D eigenvalue weighted by atomic mass is 16.6. The molecular formula is C23H21N3O5. The lowest BCUT2D eigenvalue weighted by atomic mass is 9.86. The van der Waals surface area contributed by atoms with E-state index in [1.807, 2.05) is 31.2 Å². The maximum atomic E-state index is 13.2. The Balaban J connectivity index is 1.65. The normalized spacial score (nSPS) is 19.3. The maximum Gasteiger partial charge on any atom is 0.343 e. The zero-order chi connectivity index (χ0) is 21.8. The molecule has 1 N–H and O–H groups in total. The van der Waals surface area contributed by atoms with Crippen LogP contribution in [0.5, 0.6) is 0 Å². The third-order valence-corrected chi connectivity index (χ3v) is 5.94. The Morgan fingerprint density at radius 3 is 2.90 bits per heavy atom. The summed E-state index contributed by atoms with van der Waals surface area (Å²) in [6.45, 7) is 4.29. The molecule has 0 radical (unpaired) electrons. The number of nitrogens with zero attached hydrogens (tertiary/aromatic N) is 3. The van der Waals surface area contributed by atoms with E-state index < -0.39 is 11.6 Å². The summed E-state index contributed by atoms with van der Waals surface area (Å²) in [5.74, 6) is -0.724. The van der Waals surface area contributed by atoms with Gasteiger partial charge in [0, 0.05) is 16.5 Å². The summed E-state index contributed by atoms with van der Waals surface area (Å²) in [6.07, 6.45) is 1.76. The molecule has 0 amide bonds. The van der Waals surface area contributed by atoms with Crippen LogP contribution in [0.15, 0.2) is 40.3 Å². The number of cyclic esters (lactones) is 1. The number of carbonyl (C=O) groups excluding carboxylic acids is 1. The van der Waals surface area contributed by atoms with Gasteiger partial charge in [-0.05, 0) is 43.2 Å². The largest absolute Gasteiger partial charge is 0.458 e. The number of rotatable bonds is 4. The highest BCUT2D eigenvalue weighted by molar-refractivity contribution is 5.91. The second-order valence-corrected chi connectivity index (χ2v) is 7.70. The van der Waals surface area contributed by atoms with E-state index in [4.69, 9.17) is 14.6 Å². The van der Waals surface area contributed by atoms with Crippen LogP contribution in [0.25, 0.3) is 22.3 Å². The van der Waals surface area contributed by atoms with Gasteiger partial charge in [-0.1, -0.05) is 18.1 Å². The Morgan fingerprint density at radius 2 is 2.13 bits per heavy atom. The van der Waals surface area contributed by atoms with Crippen molar-refractivity contribution in [3.05, 3.63) is 62.9 Å². The lowest BCUT2D eigenvalue weighted by Gasteiger charge is -2.31. The molecule has 0 saturated heterocycles. The van der Waals surface area contributed by atoms with Crippen molar-refractivity contribution in [1.82, 2.24) is 9.55 Å². The molecule has 0 aliphatic carbocycles. The van der Waals surface area contributed by atoms with E-state index in [0.717, 1.165) is 22.0 Å². The van der Waals surface area contributed by atoms with Crippen molar-refractivity contribution in [2.75, 3.05) is 6.61 Å². The Hall–Kier alpha value is -3.52. The fourth-order valence-electron chi connectivity index (χ4n) is 4.26. The van der Waals surface area contributed by atoms with Gasteiger partial charge in [-0.2, -0.15) is 0 Å². The highest BCUT2D eigenvalue weighted by Crippen LogP contribution is 2.38. The minimum absolute atomic E-state index is 0.117. The van der Waals surface area contributed by atoms with E-state index in [-0.39, 0.29) is 18.6 Å². The number of aromatic nitrogens is 2. The van der Waals surface area contributed by atoms with Crippen LogP contribution in [0.2, 0.25) is 0 Å². The molecule has 4 heterocycles. The first-order valence-electron chi connectivity index (χ1n) is 10.2. The van der Waals surface area contributed by atoms with E-state index in [1.54, 1.807) is 23.8 Å². The quantitative estimate of drug-likeness (QED) is 0.310. The summed E-state index contributed by atoms with van der Waals surface area (Å²) in [4.78, 5) is 35.2. The van der Waals surface area contributed by atoms with E-state index in [0.29, 0.717) is 35.7 Å². The number of hydrogen-bond donors (Lipinski definition) is 1. The molecule has 2 aromatic heterocycles. The SMILES string of the molecule is CCON=Cc1ccc2nc3c(cc2c1)Cn1c-3cc2c(c1=O)COC(=O)[C@]2(O)CC. The lowest BCUT2D eigenvalue weighted by Crippen LogP contribution is -2.44. The number of benzene rings is 1. The molecule has 0 saturated carbocycles. The summed E-state index contributed by atoms with van der Waals surface area (Å²) in [7, 11) is 0. The van der Waals surface area contributed by atoms with Crippen LogP contribution in [0, 0.1) is 0 Å². The van der Waals surface area contributed by atoms with Gasteiger partial charge in [-0.3, -0.25) is 4.79 Å². The van der Waals surface area contributed by atoms with Crippen molar-refractivity contribution in [1.29, 1.82) is 0 Å². The van der Waals surface area contributed by atoms with Gasteiger partial charge in [0.05, 0.1) is 35.2 Å². The van der Waals surface area contributed by atoms with Crippen LogP contribution in [-0.4, -0.2) is 33.4 Å². The molecule has 31 heavy (non-hydrogen) atoms. The molecular weight excluding hydrogens is 398 g/mol. The Bertz CT molecular complexity index is 1330. The van der Waals surface area contributed by atoms with Crippen molar-refractivity contribution >= 4 is 23.1 Å². The van der Waals surface area contributed by atoms with Gasteiger partial charge >= 0.3 is 5.97 Å². The lowest BCUT2D eigenvalue weighted by molar-refractivity contribution is -0.172. The number of fused-ring (bicyclic) bond motifs is 5. The zero-order valence-corrected chi connectivity index (χ0v) is 17.2. The Kier molecular flexibility index (Phi) is 4.40. The van der Waals surface area contributed by atoms with Crippen molar-refractivity contribution < 1.29 is 19.5 Å². The second kappa shape index (κ2) is 7.02. The topological polar surface area (TPSA) is 103 Å². The maximum absolute atomic E-state index is 13.2. The summed E-state index contributed by atoms with van der Waals surface area (Å²) >= 11 is 0. The first kappa shape index (κ1) is 19.4. The van der Waals surface area contributed by atoms with Crippen LogP contribution >= 0.6 is 0 Å². The number of oxime groups is 1. The van der Waals surface area contributed by atoms with Crippen molar-refractivity contribution in [3.63, 3.8) is 0 Å². The summed E-state index contributed by atoms with van der Waals surface area (Å²) in [6, 6.07) is 9.47. The minimum atomic E-state index is -1.82. The van der Waals surface area contributed by atoms with Gasteiger partial charge < -0.3 is 19.2 Å². The molecule has 8 heteroatoms. The predicted octanol–water partition coefficient (Wildman–Crippen LogP) is 2.45. The average Bonchev–Trinajstić information content (AvgIpc) is 3.13. The third-order valence-electron chi connectivity index (χ3n) is 5.94. The van der Waals surface area contributed by atoms with E-state index >= 15 is 0 Å². The second-order valence-electron chi connectivity index (χ2n) is 7.70. The van der Waals surface area contributed by atoms with Gasteiger partial charge in [0.1, 0.15) is 13.2 Å². The van der Waals surface area contributed by atoms with E-state index in [2.05, 4.69) is 5.16 Å². The number of pyridine rings is 2. The number of carbonyl (C=O) groups is 1. The predicted molar refractivity (Wildman–Crippen MR) is 114 cm³/mol. The van der Waals surface area contributed by atoms with Crippen LogP contribution in [-0.2, 0) is 33.1 Å². The number of ether oxygens (including phenoxy) is 1. The molecule has 2 aliphatic heterocycles. The van der Waals surface area contributed by atoms with Gasteiger partial charge in [-0.15, -0.1) is 0 Å². The first-order valence-corrected chi connectivity index (χ1v) is 10.2. The van der Waals surface area contributed by atoms with Crippen molar-refractivity contribution in [2.24, 2.45) is 5.16 Å². The molecule has 0 unspecified atom stereocenters. The van der Waals surface area contributed by atoms with Gasteiger partial charge in [0.15, 0.2) is 5.60 Å². The first-order chi connectivity index (χ1) is 15.0. The molecule has 3 aromatic rings. The number of aliphatic hydroxyl groups is 1. The van der Waals surface area contributed by atoms with Crippen LogP contribution in [0.4, 0.5) is 0 Å². The van der Waals surface area contributed by atoms with E-state index in [9.17, 15) is 14.7 Å². The fourth-order valence-corrected chi connectivity index (χ4v) is 4.26. The Morgan fingerprint density at radius 1 is 1.29 bits per heavy atom. The zero-order valence-electron chi connectivity index (χ0n) is 17.2. The third kappa shape index (κ3) is 2.86. The molecule has 1 aromatic carbocycles. The fraction of sp³-hybridized carbons (Fsp3) is 0.304. The smallest absolute Gasteiger partial charge is 0.343 e. The van der Waals surface area contributed by atoms with E-state index in [1.165, 1.54) is 0 Å². The average molecular weight is 419 g/mol. The highest BCUT2D eigenvalue weighted by Gasteiger charge is 2.45. The van der Waals surface area contributed by atoms with Crippen LogP contribution < -0.4 is 5.56 Å². The molecule has 5 rings (SSSR count). The summed E-state index contributed by atoms with van der Waals surface area (Å²) in [5.41, 5.74) is 2.39. The van der Waals surface area contributed by atoms with Crippen molar-refractivity contribution in [2.45, 2.75) is 39.0 Å². The van der Waals surface area contributed by atoms with Crippen LogP contribution in [0.1, 0.15) is 42.5 Å². The molecule has 158 valence electrons. The molecule has 0 fully saturated rings. The standard InChI is InChI=1S/C23H21N3O5/c1-3-23(29)17-9-19-20-15(11-26(19)21(27)16(17)12-30-22(23)28)8-14-7-13(10-24-31-4-2)5-6-18(14)25-20/h5-10,29H,3-4,11-12H2,1-2H3/t23-/m0/s1. The van der Waals surface area contributed by atoms with Crippen LogP contribution in [0.3, 0.4) is 0 Å². The summed E-state index contributed by atoms with van der Waals surface area (Å²) in [5, 5.41) is 15.8. The summed E-state index contributed by atoms with van der Waals surface area (Å²) < 4.78 is 6.73. The number of hydrogen-bond acceptors (Lipinski definition) is 7. The monoisotopic (exact) mass is 419 g/mol. The molecule has 1 atom stereocenters.